The van der Waals surface area contributed by atoms with Gasteiger partial charge in [-0.3, -0.25) is 9.08 Å². The van der Waals surface area contributed by atoms with E-state index in [0.29, 0.717) is 6.54 Å². The molecular weight excluding hydrogens is 298 g/mol. The normalized spacial score (nSPS) is 11.8. The van der Waals surface area contributed by atoms with Crippen LogP contribution in [0, 0.1) is 6.92 Å². The Morgan fingerprint density at radius 3 is 2.27 bits per heavy atom. The van der Waals surface area contributed by atoms with E-state index in [-0.39, 0.29) is 11.5 Å². The average Bonchev–Trinajstić information content (AvgIpc) is 2.48. The molecule has 2 rings (SSSR count). The maximum atomic E-state index is 12.0. The maximum absolute atomic E-state index is 12.0. The molecule has 0 aliphatic rings. The zero-order valence-corrected chi connectivity index (χ0v) is 13.7. The summed E-state index contributed by atoms with van der Waals surface area (Å²) in [4.78, 5) is 2.23. The zero-order chi connectivity index (χ0) is 16.0. The summed E-state index contributed by atoms with van der Waals surface area (Å²) in [5, 5.41) is 0. The molecule has 0 bridgehead atoms. The summed E-state index contributed by atoms with van der Waals surface area (Å²) < 4.78 is 29.2. The summed E-state index contributed by atoms with van der Waals surface area (Å²) in [7, 11) is -1.73. The highest BCUT2D eigenvalue weighted by atomic mass is 32.2. The molecule has 118 valence electrons. The first kappa shape index (κ1) is 16.7. The summed E-state index contributed by atoms with van der Waals surface area (Å²) in [5.41, 5.74) is 2.20. The van der Waals surface area contributed by atoms with Crippen molar-refractivity contribution in [3.8, 4) is 0 Å². The van der Waals surface area contributed by atoms with Crippen LogP contribution in [0.25, 0.3) is 0 Å². The first-order valence-corrected chi connectivity index (χ1v) is 8.57. The summed E-state index contributed by atoms with van der Waals surface area (Å²) in [6, 6.07) is 16.7. The molecule has 0 unspecified atom stereocenters. The summed E-state index contributed by atoms with van der Waals surface area (Å²) in [6.07, 6.45) is 0. The second-order valence-corrected chi connectivity index (χ2v) is 6.93. The first-order valence-electron chi connectivity index (χ1n) is 7.16. The Kier molecular flexibility index (Phi) is 5.71. The molecule has 0 radical (unpaired) electrons. The van der Waals surface area contributed by atoms with Crippen LogP contribution in [0.4, 0.5) is 0 Å². The van der Waals surface area contributed by atoms with Gasteiger partial charge in [-0.2, -0.15) is 8.42 Å². The average molecular weight is 319 g/mol. The van der Waals surface area contributed by atoms with Gasteiger partial charge >= 0.3 is 0 Å². The number of aryl methyl sites for hydroxylation is 1. The van der Waals surface area contributed by atoms with Gasteiger partial charge in [-0.05, 0) is 31.7 Å². The summed E-state index contributed by atoms with van der Waals surface area (Å²) in [6.45, 7) is 3.35. The van der Waals surface area contributed by atoms with Gasteiger partial charge in [0, 0.05) is 13.1 Å². The molecule has 2 aromatic carbocycles. The van der Waals surface area contributed by atoms with Crippen molar-refractivity contribution >= 4 is 10.1 Å². The Morgan fingerprint density at radius 2 is 1.64 bits per heavy atom. The standard InChI is InChI=1S/C17H21NO3S/c1-15-8-10-17(11-9-15)22(19,20)21-13-12-18(2)14-16-6-4-3-5-7-16/h3-11H,12-14H2,1-2H3. The van der Waals surface area contributed by atoms with E-state index in [9.17, 15) is 8.42 Å². The molecule has 0 amide bonds. The Hall–Kier alpha value is -1.69. The first-order chi connectivity index (χ1) is 10.5. The third kappa shape index (κ3) is 4.94. The Balaban J connectivity index is 1.83. The van der Waals surface area contributed by atoms with Crippen LogP contribution in [0.1, 0.15) is 11.1 Å². The van der Waals surface area contributed by atoms with E-state index >= 15 is 0 Å². The number of benzene rings is 2. The number of likely N-dealkylation sites (N-methyl/N-ethyl adjacent to an activating group) is 1. The van der Waals surface area contributed by atoms with Gasteiger partial charge in [0.15, 0.2) is 0 Å². The maximum Gasteiger partial charge on any atom is 0.297 e. The Bertz CT molecular complexity index is 682. The molecule has 0 spiro atoms. The van der Waals surface area contributed by atoms with Crippen LogP contribution in [-0.4, -0.2) is 33.5 Å². The lowest BCUT2D eigenvalue weighted by Crippen LogP contribution is -2.24. The molecular formula is C17H21NO3S. The van der Waals surface area contributed by atoms with Gasteiger partial charge in [0.05, 0.1) is 11.5 Å². The highest BCUT2D eigenvalue weighted by Crippen LogP contribution is 2.13. The molecule has 22 heavy (non-hydrogen) atoms. The van der Waals surface area contributed by atoms with Crippen molar-refractivity contribution in [3.05, 3.63) is 65.7 Å². The van der Waals surface area contributed by atoms with Crippen molar-refractivity contribution < 1.29 is 12.6 Å². The predicted molar refractivity (Wildman–Crippen MR) is 87.1 cm³/mol. The molecule has 0 aliphatic carbocycles. The van der Waals surface area contributed by atoms with Crippen molar-refractivity contribution in [3.63, 3.8) is 0 Å². The van der Waals surface area contributed by atoms with Crippen LogP contribution in [-0.2, 0) is 20.8 Å². The summed E-state index contributed by atoms with van der Waals surface area (Å²) >= 11 is 0. The molecule has 2 aromatic rings. The van der Waals surface area contributed by atoms with Crippen LogP contribution in [0.2, 0.25) is 0 Å². The minimum Gasteiger partial charge on any atom is -0.300 e. The fourth-order valence-electron chi connectivity index (χ4n) is 2.05. The lowest BCUT2D eigenvalue weighted by atomic mass is 10.2. The number of hydrogen-bond acceptors (Lipinski definition) is 4. The quantitative estimate of drug-likeness (QED) is 0.736. The van der Waals surface area contributed by atoms with Gasteiger partial charge in [-0.1, -0.05) is 48.0 Å². The van der Waals surface area contributed by atoms with Crippen molar-refractivity contribution in [1.82, 2.24) is 4.90 Å². The minimum absolute atomic E-state index is 0.138. The second kappa shape index (κ2) is 7.54. The van der Waals surface area contributed by atoms with E-state index in [1.54, 1.807) is 24.3 Å². The van der Waals surface area contributed by atoms with E-state index in [0.717, 1.165) is 12.1 Å². The predicted octanol–water partition coefficient (Wildman–Crippen LogP) is 2.83. The van der Waals surface area contributed by atoms with Crippen LogP contribution in [0.15, 0.2) is 59.5 Å². The van der Waals surface area contributed by atoms with Gasteiger partial charge in [0.2, 0.25) is 0 Å². The lowest BCUT2D eigenvalue weighted by molar-refractivity contribution is 0.236. The van der Waals surface area contributed by atoms with Gasteiger partial charge in [-0.15, -0.1) is 0 Å². The largest absolute Gasteiger partial charge is 0.300 e. The van der Waals surface area contributed by atoms with E-state index in [4.69, 9.17) is 4.18 Å². The fraction of sp³-hybridized carbons (Fsp3) is 0.294. The third-order valence-electron chi connectivity index (χ3n) is 3.32. The number of rotatable bonds is 7. The summed E-state index contributed by atoms with van der Waals surface area (Å²) in [5.74, 6) is 0. The van der Waals surface area contributed by atoms with Gasteiger partial charge in [0.25, 0.3) is 10.1 Å². The lowest BCUT2D eigenvalue weighted by Gasteiger charge is -2.16. The smallest absolute Gasteiger partial charge is 0.297 e. The van der Waals surface area contributed by atoms with Crippen molar-refractivity contribution in [1.29, 1.82) is 0 Å². The molecule has 0 N–H and O–H groups in total. The molecule has 0 heterocycles. The van der Waals surface area contributed by atoms with Gasteiger partial charge in [0.1, 0.15) is 0 Å². The van der Waals surface area contributed by atoms with Crippen molar-refractivity contribution in [2.45, 2.75) is 18.4 Å². The fourth-order valence-corrected chi connectivity index (χ4v) is 2.95. The van der Waals surface area contributed by atoms with Crippen LogP contribution in [0.3, 0.4) is 0 Å². The van der Waals surface area contributed by atoms with Crippen LogP contribution >= 0.6 is 0 Å². The van der Waals surface area contributed by atoms with E-state index in [2.05, 4.69) is 0 Å². The molecule has 5 heteroatoms. The number of hydrogen-bond donors (Lipinski definition) is 0. The molecule has 4 nitrogen and oxygen atoms in total. The van der Waals surface area contributed by atoms with Crippen LogP contribution in [0.5, 0.6) is 0 Å². The van der Waals surface area contributed by atoms with Crippen LogP contribution < -0.4 is 0 Å². The molecule has 0 aliphatic heterocycles. The molecule has 0 fully saturated rings. The third-order valence-corrected chi connectivity index (χ3v) is 4.64. The van der Waals surface area contributed by atoms with Gasteiger partial charge in [-0.25, -0.2) is 0 Å². The second-order valence-electron chi connectivity index (χ2n) is 5.31. The van der Waals surface area contributed by atoms with Gasteiger partial charge < -0.3 is 0 Å². The van der Waals surface area contributed by atoms with Crippen molar-refractivity contribution in [2.75, 3.05) is 20.2 Å². The Morgan fingerprint density at radius 1 is 1.00 bits per heavy atom. The van der Waals surface area contributed by atoms with E-state index < -0.39 is 10.1 Å². The molecule has 0 saturated carbocycles. The minimum atomic E-state index is -3.67. The topological polar surface area (TPSA) is 46.6 Å². The van der Waals surface area contributed by atoms with Crippen molar-refractivity contribution in [2.24, 2.45) is 0 Å². The molecule has 0 saturated heterocycles. The Labute approximate surface area is 132 Å². The van der Waals surface area contributed by atoms with E-state index in [1.807, 2.05) is 49.2 Å². The highest BCUT2D eigenvalue weighted by Gasteiger charge is 2.14. The zero-order valence-electron chi connectivity index (χ0n) is 12.9. The SMILES string of the molecule is Cc1ccc(S(=O)(=O)OCCN(C)Cc2ccccc2)cc1. The molecule has 0 atom stereocenters. The highest BCUT2D eigenvalue weighted by molar-refractivity contribution is 7.86. The molecule has 0 aromatic heterocycles. The van der Waals surface area contributed by atoms with E-state index in [1.165, 1.54) is 5.56 Å². The monoisotopic (exact) mass is 319 g/mol. The number of nitrogens with zero attached hydrogens (tertiary/aromatic N) is 1.